The summed E-state index contributed by atoms with van der Waals surface area (Å²) in [5.41, 5.74) is 0. The molecular weight excluding hydrogens is 266 g/mol. The molecule has 2 unspecified atom stereocenters. The van der Waals surface area contributed by atoms with Crippen molar-refractivity contribution in [2.45, 2.75) is 45.1 Å². The quantitative estimate of drug-likeness (QED) is 0.861. The summed E-state index contributed by atoms with van der Waals surface area (Å²) >= 11 is 3.36. The summed E-state index contributed by atoms with van der Waals surface area (Å²) in [6.45, 7) is 2.29. The predicted molar refractivity (Wildman–Crippen MR) is 69.4 cm³/mol. The molecule has 1 aromatic heterocycles. The van der Waals surface area contributed by atoms with Crippen LogP contribution >= 0.6 is 15.9 Å². The van der Waals surface area contributed by atoms with Gasteiger partial charge in [0.2, 0.25) is 0 Å². The van der Waals surface area contributed by atoms with E-state index in [-0.39, 0.29) is 0 Å². The molecule has 1 saturated carbocycles. The minimum absolute atomic E-state index is 0.584. The Morgan fingerprint density at radius 2 is 2.31 bits per heavy atom. The number of nitrogens with one attached hydrogen (secondary N) is 1. The molecular formula is C12H18BrN3. The fourth-order valence-electron chi connectivity index (χ4n) is 2.41. The highest BCUT2D eigenvalue weighted by Gasteiger charge is 2.20. The van der Waals surface area contributed by atoms with E-state index in [9.17, 15) is 0 Å². The van der Waals surface area contributed by atoms with E-state index in [1.165, 1.54) is 32.1 Å². The number of hydrogen-bond donors (Lipinski definition) is 1. The van der Waals surface area contributed by atoms with Crippen molar-refractivity contribution in [1.29, 1.82) is 0 Å². The minimum atomic E-state index is 0.584. The number of aromatic nitrogens is 2. The Morgan fingerprint density at radius 3 is 3.06 bits per heavy atom. The lowest BCUT2D eigenvalue weighted by Crippen LogP contribution is -2.27. The Bertz CT molecular complexity index is 343. The zero-order valence-electron chi connectivity index (χ0n) is 9.62. The van der Waals surface area contributed by atoms with Crippen LogP contribution in [0, 0.1) is 5.92 Å². The van der Waals surface area contributed by atoms with E-state index in [2.05, 4.69) is 38.1 Å². The molecule has 1 N–H and O–H groups in total. The molecule has 1 aliphatic carbocycles. The topological polar surface area (TPSA) is 37.8 Å². The molecule has 0 aliphatic heterocycles. The molecule has 0 spiro atoms. The average molecular weight is 284 g/mol. The number of nitrogens with zero attached hydrogens (tertiary/aromatic N) is 2. The first-order valence-corrected chi connectivity index (χ1v) is 6.81. The smallest absolute Gasteiger partial charge is 0.130 e. The van der Waals surface area contributed by atoms with Gasteiger partial charge in [-0.2, -0.15) is 0 Å². The summed E-state index contributed by atoms with van der Waals surface area (Å²) in [6, 6.07) is 2.52. The molecule has 1 aromatic rings. The van der Waals surface area contributed by atoms with E-state index in [4.69, 9.17) is 0 Å². The van der Waals surface area contributed by atoms with Crippen LogP contribution in [0.2, 0.25) is 0 Å². The Hall–Kier alpha value is -0.640. The molecule has 2 atom stereocenters. The molecule has 0 bridgehead atoms. The molecule has 4 heteroatoms. The molecule has 0 amide bonds. The van der Waals surface area contributed by atoms with E-state index in [0.29, 0.717) is 6.04 Å². The molecule has 3 nitrogen and oxygen atoms in total. The van der Waals surface area contributed by atoms with Gasteiger partial charge in [0, 0.05) is 12.1 Å². The molecule has 1 aliphatic rings. The van der Waals surface area contributed by atoms with Crippen LogP contribution in [0.25, 0.3) is 0 Å². The summed E-state index contributed by atoms with van der Waals surface area (Å²) in [6.07, 6.45) is 8.15. The van der Waals surface area contributed by atoms with Crippen LogP contribution in [0.5, 0.6) is 0 Å². The molecule has 0 saturated heterocycles. The Labute approximate surface area is 105 Å². The minimum Gasteiger partial charge on any atom is -0.367 e. The summed E-state index contributed by atoms with van der Waals surface area (Å²) in [7, 11) is 0. The predicted octanol–water partition coefficient (Wildman–Crippen LogP) is 3.62. The molecule has 1 heterocycles. The Morgan fingerprint density at radius 1 is 1.44 bits per heavy atom. The standard InChI is InChI=1S/C12H18BrN3/c1-2-9-4-3-5-10(6-9)16-12-7-11(13)14-8-15-12/h7-10H,2-6H2,1H3,(H,14,15,16). The Balaban J connectivity index is 1.94. The normalized spacial score (nSPS) is 25.4. The van der Waals surface area contributed by atoms with E-state index in [1.54, 1.807) is 6.33 Å². The third-order valence-corrected chi connectivity index (χ3v) is 3.78. The lowest BCUT2D eigenvalue weighted by atomic mass is 9.84. The summed E-state index contributed by atoms with van der Waals surface area (Å²) in [4.78, 5) is 8.26. The third-order valence-electron chi connectivity index (χ3n) is 3.35. The van der Waals surface area contributed by atoms with Crippen LogP contribution in [0.3, 0.4) is 0 Å². The lowest BCUT2D eigenvalue weighted by molar-refractivity contribution is 0.327. The second-order valence-electron chi connectivity index (χ2n) is 4.51. The molecule has 0 radical (unpaired) electrons. The largest absolute Gasteiger partial charge is 0.367 e. The van der Waals surface area contributed by atoms with Crippen molar-refractivity contribution in [2.24, 2.45) is 5.92 Å². The Kier molecular flexibility index (Phi) is 4.16. The van der Waals surface area contributed by atoms with Crippen molar-refractivity contribution in [3.8, 4) is 0 Å². The fraction of sp³-hybridized carbons (Fsp3) is 0.667. The molecule has 0 aromatic carbocycles. The van der Waals surface area contributed by atoms with Crippen molar-refractivity contribution >= 4 is 21.7 Å². The van der Waals surface area contributed by atoms with Gasteiger partial charge in [0.15, 0.2) is 0 Å². The molecule has 2 rings (SSSR count). The van der Waals surface area contributed by atoms with Gasteiger partial charge >= 0.3 is 0 Å². The van der Waals surface area contributed by atoms with Gasteiger partial charge in [0.1, 0.15) is 16.7 Å². The highest BCUT2D eigenvalue weighted by Crippen LogP contribution is 2.28. The first-order chi connectivity index (χ1) is 7.78. The van der Waals surface area contributed by atoms with Crippen LogP contribution in [0.4, 0.5) is 5.82 Å². The highest BCUT2D eigenvalue weighted by molar-refractivity contribution is 9.10. The first kappa shape index (κ1) is 11.8. The zero-order valence-corrected chi connectivity index (χ0v) is 11.2. The summed E-state index contributed by atoms with van der Waals surface area (Å²) in [5.74, 6) is 1.82. The van der Waals surface area contributed by atoms with Crippen LogP contribution in [0.1, 0.15) is 39.0 Å². The van der Waals surface area contributed by atoms with Crippen molar-refractivity contribution < 1.29 is 0 Å². The van der Waals surface area contributed by atoms with Crippen molar-refractivity contribution in [1.82, 2.24) is 9.97 Å². The summed E-state index contributed by atoms with van der Waals surface area (Å²) < 4.78 is 0.841. The van der Waals surface area contributed by atoms with E-state index < -0.39 is 0 Å². The monoisotopic (exact) mass is 283 g/mol. The van der Waals surface area contributed by atoms with Gasteiger partial charge < -0.3 is 5.32 Å². The van der Waals surface area contributed by atoms with Gasteiger partial charge in [-0.25, -0.2) is 9.97 Å². The van der Waals surface area contributed by atoms with E-state index in [1.807, 2.05) is 6.07 Å². The van der Waals surface area contributed by atoms with Crippen molar-refractivity contribution in [3.63, 3.8) is 0 Å². The zero-order chi connectivity index (χ0) is 11.4. The van der Waals surface area contributed by atoms with Crippen LogP contribution in [-0.2, 0) is 0 Å². The molecule has 88 valence electrons. The summed E-state index contributed by atoms with van der Waals surface area (Å²) in [5, 5.41) is 3.50. The van der Waals surface area contributed by atoms with Gasteiger partial charge in [-0.1, -0.05) is 26.2 Å². The number of hydrogen-bond acceptors (Lipinski definition) is 3. The van der Waals surface area contributed by atoms with E-state index >= 15 is 0 Å². The fourth-order valence-corrected chi connectivity index (χ4v) is 2.72. The lowest BCUT2D eigenvalue weighted by Gasteiger charge is -2.29. The van der Waals surface area contributed by atoms with Crippen molar-refractivity contribution in [2.75, 3.05) is 5.32 Å². The van der Waals surface area contributed by atoms with Gasteiger partial charge in [-0.05, 0) is 34.7 Å². The highest BCUT2D eigenvalue weighted by atomic mass is 79.9. The van der Waals surface area contributed by atoms with Crippen LogP contribution in [-0.4, -0.2) is 16.0 Å². The third kappa shape index (κ3) is 3.17. The maximum absolute atomic E-state index is 4.23. The maximum Gasteiger partial charge on any atom is 0.130 e. The molecule has 1 fully saturated rings. The van der Waals surface area contributed by atoms with Gasteiger partial charge in [-0.15, -0.1) is 0 Å². The number of halogens is 1. The number of rotatable bonds is 3. The van der Waals surface area contributed by atoms with Crippen LogP contribution < -0.4 is 5.32 Å². The number of anilines is 1. The van der Waals surface area contributed by atoms with Crippen molar-refractivity contribution in [3.05, 3.63) is 17.0 Å². The first-order valence-electron chi connectivity index (χ1n) is 6.02. The van der Waals surface area contributed by atoms with Gasteiger partial charge in [-0.3, -0.25) is 0 Å². The second-order valence-corrected chi connectivity index (χ2v) is 5.32. The average Bonchev–Trinajstić information content (AvgIpc) is 2.29. The molecule has 16 heavy (non-hydrogen) atoms. The second kappa shape index (κ2) is 5.62. The van der Waals surface area contributed by atoms with E-state index in [0.717, 1.165) is 16.3 Å². The SMILES string of the molecule is CCC1CCCC(Nc2cc(Br)ncn2)C1. The maximum atomic E-state index is 4.23. The van der Waals surface area contributed by atoms with Crippen LogP contribution in [0.15, 0.2) is 17.0 Å². The van der Waals surface area contributed by atoms with Gasteiger partial charge in [0.05, 0.1) is 0 Å². The van der Waals surface area contributed by atoms with Gasteiger partial charge in [0.25, 0.3) is 0 Å².